The first kappa shape index (κ1) is 14.0. The summed E-state index contributed by atoms with van der Waals surface area (Å²) < 4.78 is 0. The zero-order valence-corrected chi connectivity index (χ0v) is 12.5. The lowest BCUT2D eigenvalue weighted by Crippen LogP contribution is -2.22. The molecule has 0 atom stereocenters. The molecule has 1 aliphatic rings. The predicted molar refractivity (Wildman–Crippen MR) is 85.1 cm³/mol. The standard InChI is InChI=1S/C17H22N4/c1-21(12-13-6-8-19-9-7-13)17-15(11-18)10-14-4-2-3-5-16(14)20-17/h6-10H,2-5,11-12,18H2,1H3. The third kappa shape index (κ3) is 3.05. The number of anilines is 1. The van der Waals surface area contributed by atoms with Crippen LogP contribution < -0.4 is 10.6 Å². The van der Waals surface area contributed by atoms with Crippen LogP contribution in [0.4, 0.5) is 5.82 Å². The maximum Gasteiger partial charge on any atom is 0.133 e. The number of pyridine rings is 2. The maximum atomic E-state index is 5.94. The maximum absolute atomic E-state index is 5.94. The second-order valence-corrected chi connectivity index (χ2v) is 5.70. The molecule has 110 valence electrons. The highest BCUT2D eigenvalue weighted by Crippen LogP contribution is 2.26. The Labute approximate surface area is 126 Å². The highest BCUT2D eigenvalue weighted by molar-refractivity contribution is 5.50. The van der Waals surface area contributed by atoms with E-state index in [9.17, 15) is 0 Å². The first-order chi connectivity index (χ1) is 10.3. The van der Waals surface area contributed by atoms with Crippen molar-refractivity contribution < 1.29 is 0 Å². The summed E-state index contributed by atoms with van der Waals surface area (Å²) in [4.78, 5) is 11.2. The molecule has 2 aromatic rings. The molecule has 0 fully saturated rings. The number of aromatic nitrogens is 2. The van der Waals surface area contributed by atoms with E-state index in [1.54, 1.807) is 0 Å². The minimum atomic E-state index is 0.538. The van der Waals surface area contributed by atoms with Crippen molar-refractivity contribution in [1.29, 1.82) is 0 Å². The van der Waals surface area contributed by atoms with Gasteiger partial charge in [0.25, 0.3) is 0 Å². The first-order valence-electron chi connectivity index (χ1n) is 7.59. The van der Waals surface area contributed by atoms with Gasteiger partial charge in [-0.25, -0.2) is 4.98 Å². The fraction of sp³-hybridized carbons (Fsp3) is 0.412. The van der Waals surface area contributed by atoms with E-state index < -0.39 is 0 Å². The molecule has 0 saturated heterocycles. The Balaban J connectivity index is 1.89. The van der Waals surface area contributed by atoms with Crippen molar-refractivity contribution in [3.8, 4) is 0 Å². The van der Waals surface area contributed by atoms with Crippen molar-refractivity contribution in [1.82, 2.24) is 9.97 Å². The highest BCUT2D eigenvalue weighted by Gasteiger charge is 2.16. The van der Waals surface area contributed by atoms with Crippen LogP contribution in [0, 0.1) is 0 Å². The van der Waals surface area contributed by atoms with Crippen molar-refractivity contribution in [2.24, 2.45) is 5.73 Å². The van der Waals surface area contributed by atoms with Crippen LogP contribution in [0.5, 0.6) is 0 Å². The number of nitrogens with two attached hydrogens (primary N) is 1. The molecule has 0 saturated carbocycles. The number of hydrogen-bond donors (Lipinski definition) is 1. The van der Waals surface area contributed by atoms with Crippen molar-refractivity contribution >= 4 is 5.82 Å². The Morgan fingerprint density at radius 3 is 2.71 bits per heavy atom. The lowest BCUT2D eigenvalue weighted by Gasteiger charge is -2.24. The van der Waals surface area contributed by atoms with Crippen LogP contribution in [0.1, 0.15) is 35.2 Å². The number of aryl methyl sites for hydroxylation is 2. The van der Waals surface area contributed by atoms with Crippen LogP contribution in [-0.4, -0.2) is 17.0 Å². The average molecular weight is 282 g/mol. The molecular formula is C17H22N4. The summed E-state index contributed by atoms with van der Waals surface area (Å²) in [5, 5.41) is 0. The molecule has 21 heavy (non-hydrogen) atoms. The van der Waals surface area contributed by atoms with Gasteiger partial charge in [0.1, 0.15) is 5.82 Å². The molecule has 0 bridgehead atoms. The molecule has 1 aliphatic carbocycles. The summed E-state index contributed by atoms with van der Waals surface area (Å²) >= 11 is 0. The zero-order chi connectivity index (χ0) is 14.7. The van der Waals surface area contributed by atoms with Crippen LogP contribution in [-0.2, 0) is 25.9 Å². The fourth-order valence-electron chi connectivity index (χ4n) is 2.99. The number of rotatable bonds is 4. The molecule has 0 unspecified atom stereocenters. The van der Waals surface area contributed by atoms with E-state index in [2.05, 4.69) is 23.0 Å². The van der Waals surface area contributed by atoms with Gasteiger partial charge in [-0.15, -0.1) is 0 Å². The van der Waals surface area contributed by atoms with Gasteiger partial charge in [0.15, 0.2) is 0 Å². The Morgan fingerprint density at radius 2 is 1.95 bits per heavy atom. The Hall–Kier alpha value is -1.94. The van der Waals surface area contributed by atoms with E-state index in [4.69, 9.17) is 10.7 Å². The molecule has 4 heteroatoms. The molecule has 0 aliphatic heterocycles. The number of hydrogen-bond acceptors (Lipinski definition) is 4. The quantitative estimate of drug-likeness (QED) is 0.936. The van der Waals surface area contributed by atoms with Gasteiger partial charge >= 0.3 is 0 Å². The van der Waals surface area contributed by atoms with Gasteiger partial charge < -0.3 is 10.6 Å². The summed E-state index contributed by atoms with van der Waals surface area (Å²) in [6.07, 6.45) is 8.40. The van der Waals surface area contributed by atoms with E-state index in [-0.39, 0.29) is 0 Å². The number of nitrogens with zero attached hydrogens (tertiary/aromatic N) is 3. The molecule has 2 heterocycles. The van der Waals surface area contributed by atoms with E-state index in [0.29, 0.717) is 6.54 Å². The molecule has 2 N–H and O–H groups in total. The third-order valence-corrected chi connectivity index (χ3v) is 4.11. The average Bonchev–Trinajstić information content (AvgIpc) is 2.54. The van der Waals surface area contributed by atoms with Gasteiger partial charge in [-0.2, -0.15) is 0 Å². The molecule has 2 aromatic heterocycles. The smallest absolute Gasteiger partial charge is 0.133 e. The zero-order valence-electron chi connectivity index (χ0n) is 12.5. The Kier molecular flexibility index (Phi) is 4.15. The highest BCUT2D eigenvalue weighted by atomic mass is 15.2. The molecule has 0 radical (unpaired) electrons. The monoisotopic (exact) mass is 282 g/mol. The summed E-state index contributed by atoms with van der Waals surface area (Å²) in [5.74, 6) is 1.02. The summed E-state index contributed by atoms with van der Waals surface area (Å²) in [5.41, 5.74) is 11.0. The van der Waals surface area contributed by atoms with Gasteiger partial charge in [0.2, 0.25) is 0 Å². The normalized spacial score (nSPS) is 13.8. The topological polar surface area (TPSA) is 55.0 Å². The van der Waals surface area contributed by atoms with Crippen molar-refractivity contribution in [3.63, 3.8) is 0 Å². The van der Waals surface area contributed by atoms with Gasteiger partial charge in [-0.3, -0.25) is 4.98 Å². The van der Waals surface area contributed by atoms with Gasteiger partial charge in [0.05, 0.1) is 0 Å². The minimum absolute atomic E-state index is 0.538. The largest absolute Gasteiger partial charge is 0.355 e. The summed E-state index contributed by atoms with van der Waals surface area (Å²) in [6.45, 7) is 1.36. The predicted octanol–water partition coefficient (Wildman–Crippen LogP) is 2.45. The molecule has 0 spiro atoms. The van der Waals surface area contributed by atoms with Crippen LogP contribution in [0.2, 0.25) is 0 Å². The SMILES string of the molecule is CN(Cc1ccncc1)c1nc2c(cc1CN)CCCC2. The second kappa shape index (κ2) is 6.22. The molecular weight excluding hydrogens is 260 g/mol. The van der Waals surface area contributed by atoms with E-state index in [0.717, 1.165) is 30.8 Å². The van der Waals surface area contributed by atoms with Crippen molar-refractivity contribution in [3.05, 3.63) is 53.0 Å². The van der Waals surface area contributed by atoms with E-state index >= 15 is 0 Å². The Morgan fingerprint density at radius 1 is 1.19 bits per heavy atom. The van der Waals surface area contributed by atoms with Gasteiger partial charge in [-0.05, 0) is 55.0 Å². The lowest BCUT2D eigenvalue weighted by atomic mass is 9.94. The van der Waals surface area contributed by atoms with Gasteiger partial charge in [0, 0.05) is 43.8 Å². The van der Waals surface area contributed by atoms with Crippen molar-refractivity contribution in [2.45, 2.75) is 38.8 Å². The summed E-state index contributed by atoms with van der Waals surface area (Å²) in [7, 11) is 2.08. The fourth-order valence-corrected chi connectivity index (χ4v) is 2.99. The molecule has 0 amide bonds. The van der Waals surface area contributed by atoms with Crippen molar-refractivity contribution in [2.75, 3.05) is 11.9 Å². The van der Waals surface area contributed by atoms with Gasteiger partial charge in [-0.1, -0.05) is 0 Å². The Bertz CT molecular complexity index is 610. The minimum Gasteiger partial charge on any atom is -0.355 e. The molecule has 4 nitrogen and oxygen atoms in total. The molecule has 3 rings (SSSR count). The lowest BCUT2D eigenvalue weighted by molar-refractivity contribution is 0.663. The van der Waals surface area contributed by atoms with Crippen LogP contribution >= 0.6 is 0 Å². The first-order valence-corrected chi connectivity index (χ1v) is 7.59. The summed E-state index contributed by atoms with van der Waals surface area (Å²) in [6, 6.07) is 6.34. The van der Waals surface area contributed by atoms with E-state index in [1.807, 2.05) is 24.5 Å². The second-order valence-electron chi connectivity index (χ2n) is 5.70. The van der Waals surface area contributed by atoms with E-state index in [1.165, 1.54) is 29.7 Å². The van der Waals surface area contributed by atoms with Crippen LogP contribution in [0.3, 0.4) is 0 Å². The number of fused-ring (bicyclic) bond motifs is 1. The van der Waals surface area contributed by atoms with Crippen LogP contribution in [0.25, 0.3) is 0 Å². The van der Waals surface area contributed by atoms with Crippen LogP contribution in [0.15, 0.2) is 30.6 Å². The third-order valence-electron chi connectivity index (χ3n) is 4.11. The molecule has 0 aromatic carbocycles.